The van der Waals surface area contributed by atoms with Crippen molar-refractivity contribution in [3.05, 3.63) is 89.6 Å². The zero-order valence-corrected chi connectivity index (χ0v) is 43.4. The summed E-state index contributed by atoms with van der Waals surface area (Å²) in [5, 5.41) is 14.5. The van der Waals surface area contributed by atoms with Gasteiger partial charge >= 0.3 is 0 Å². The molecule has 380 valence electrons. The molecule has 3 amide bonds. The number of imide groups is 1. The third-order valence-corrected chi connectivity index (χ3v) is 17.6. The second kappa shape index (κ2) is 19.7. The maximum atomic E-state index is 13.6. The molecule has 4 saturated heterocycles. The molecule has 3 aromatic carbocycles. The topological polar surface area (TPSA) is 196 Å². The second-order valence-electron chi connectivity index (χ2n) is 20.8. The molecule has 8 heterocycles. The van der Waals surface area contributed by atoms with E-state index in [1.165, 1.54) is 19.0 Å². The number of carbonyl (C=O) groups excluding carboxylic acids is 3. The number of aromatic nitrogens is 6. The van der Waals surface area contributed by atoms with Gasteiger partial charge in [0.15, 0.2) is 5.82 Å². The Morgan fingerprint density at radius 2 is 1.62 bits per heavy atom. The lowest BCUT2D eigenvalue weighted by Crippen LogP contribution is -2.52. The number of rotatable bonds is 12. The van der Waals surface area contributed by atoms with Gasteiger partial charge < -0.3 is 39.5 Å². The van der Waals surface area contributed by atoms with Crippen LogP contribution in [0, 0.1) is 11.3 Å². The second-order valence-corrected chi connectivity index (χ2v) is 24.4. The van der Waals surface area contributed by atoms with E-state index in [1.807, 2.05) is 42.3 Å². The van der Waals surface area contributed by atoms with E-state index in [-0.39, 0.29) is 24.1 Å². The third-order valence-electron chi connectivity index (χ3n) is 15.8. The van der Waals surface area contributed by atoms with Crippen molar-refractivity contribution < 1.29 is 23.7 Å². The van der Waals surface area contributed by atoms with Crippen LogP contribution in [0.4, 0.5) is 34.5 Å². The van der Waals surface area contributed by atoms with Gasteiger partial charge in [-0.2, -0.15) is 10.1 Å². The van der Waals surface area contributed by atoms with E-state index in [0.717, 1.165) is 99.6 Å². The molecule has 4 fully saturated rings. The highest BCUT2D eigenvalue weighted by Gasteiger charge is 2.41. The van der Waals surface area contributed by atoms with Crippen LogP contribution < -0.4 is 35.8 Å². The van der Waals surface area contributed by atoms with Crippen molar-refractivity contribution in [1.29, 1.82) is 0 Å². The standard InChI is InChI=1S/C53H61ClN13O5P/c1-63-31-35(28-58-63)38-26-42(60-52-57-29-39(54)49(62-52)59-41-8-7-40-47(56-18-17-55-40)48(41)73(3,4)71)45(72-2)27-44(38)66-23-15-53(16-24-66)13-21-64(22-14-53)30-33-11-19-65(20-12-33)36-5-6-37-34(25-36)32-67(51(37)70)43-9-10-46(68)61-50(43)69/h5-8,17-18,25-29,31,33,43H,9-16,19-24,30,32H2,1-4H3,(H,61,68,69)(H2,57,59,60,62)/t43-/m0/s1. The van der Waals surface area contributed by atoms with Crippen molar-refractivity contribution in [3.8, 4) is 16.9 Å². The number of carbonyl (C=O) groups is 3. The van der Waals surface area contributed by atoms with Crippen LogP contribution in [0.5, 0.6) is 5.75 Å². The Morgan fingerprint density at radius 1 is 0.849 bits per heavy atom. The van der Waals surface area contributed by atoms with Crippen molar-refractivity contribution in [2.45, 2.75) is 64.0 Å². The first-order valence-corrected chi connectivity index (χ1v) is 28.3. The zero-order chi connectivity index (χ0) is 50.6. The van der Waals surface area contributed by atoms with Crippen LogP contribution in [-0.4, -0.2) is 130 Å². The van der Waals surface area contributed by atoms with E-state index < -0.39 is 13.2 Å². The summed E-state index contributed by atoms with van der Waals surface area (Å²) in [5.74, 6) is 1.13. The average Bonchev–Trinajstić information content (AvgIpc) is 3.97. The number of anilines is 6. The lowest BCUT2D eigenvalue weighted by Gasteiger charge is -2.48. The molecule has 11 rings (SSSR count). The van der Waals surface area contributed by atoms with E-state index >= 15 is 0 Å². The summed E-state index contributed by atoms with van der Waals surface area (Å²) < 4.78 is 21.5. The molecule has 6 aromatic rings. The molecular weight excluding hydrogens is 965 g/mol. The number of fused-ring (bicyclic) bond motifs is 2. The van der Waals surface area contributed by atoms with Gasteiger partial charge in [-0.3, -0.25) is 34.4 Å². The van der Waals surface area contributed by atoms with Crippen LogP contribution in [0.15, 0.2) is 73.4 Å². The van der Waals surface area contributed by atoms with Crippen molar-refractivity contribution in [2.75, 3.05) is 86.7 Å². The van der Waals surface area contributed by atoms with E-state index in [2.05, 4.69) is 75.0 Å². The van der Waals surface area contributed by atoms with Gasteiger partial charge in [0.05, 0.1) is 41.7 Å². The molecule has 1 atom stereocenters. The Balaban J connectivity index is 0.716. The van der Waals surface area contributed by atoms with Crippen LogP contribution in [-0.2, 0) is 27.7 Å². The van der Waals surface area contributed by atoms with Crippen molar-refractivity contribution in [1.82, 2.24) is 44.8 Å². The maximum absolute atomic E-state index is 13.6. The molecule has 0 bridgehead atoms. The maximum Gasteiger partial charge on any atom is 0.255 e. The number of hydrogen-bond donors (Lipinski definition) is 3. The van der Waals surface area contributed by atoms with E-state index in [0.29, 0.717) is 80.1 Å². The van der Waals surface area contributed by atoms with Crippen molar-refractivity contribution >= 4 is 87.3 Å². The number of nitrogens with zero attached hydrogens (tertiary/aromatic N) is 10. The van der Waals surface area contributed by atoms with Crippen LogP contribution in [0.2, 0.25) is 5.02 Å². The normalized spacial score (nSPS) is 19.7. The lowest BCUT2D eigenvalue weighted by molar-refractivity contribution is -0.136. The molecule has 0 radical (unpaired) electrons. The Bertz CT molecular complexity index is 3170. The minimum absolute atomic E-state index is 0.131. The van der Waals surface area contributed by atoms with Gasteiger partial charge in [0.1, 0.15) is 29.5 Å². The first-order valence-electron chi connectivity index (χ1n) is 25.3. The number of ether oxygens (including phenoxy) is 1. The number of nitrogens with one attached hydrogen (secondary N) is 3. The summed E-state index contributed by atoms with van der Waals surface area (Å²) >= 11 is 6.69. The SMILES string of the molecule is COc1cc(N2CCC3(CCN(CC4CCN(c5ccc6c(c5)CN([C@H]5CCC(=O)NC5=O)C6=O)CC4)CC3)CC2)c(-c2cnn(C)c2)cc1Nc1ncc(Cl)c(Nc2ccc3nccnc3c2P(C)(C)=O)n1. The molecule has 1 spiro atoms. The summed E-state index contributed by atoms with van der Waals surface area (Å²) in [5.41, 5.74) is 8.62. The Morgan fingerprint density at radius 3 is 2.34 bits per heavy atom. The molecule has 18 nitrogen and oxygen atoms in total. The van der Waals surface area contributed by atoms with E-state index in [1.54, 1.807) is 37.7 Å². The molecule has 0 saturated carbocycles. The monoisotopic (exact) mass is 1030 g/mol. The van der Waals surface area contributed by atoms with Gasteiger partial charge in [-0.05, 0) is 125 Å². The fourth-order valence-electron chi connectivity index (χ4n) is 11.7. The average molecular weight is 1030 g/mol. The summed E-state index contributed by atoms with van der Waals surface area (Å²) in [6.07, 6.45) is 16.2. The summed E-state index contributed by atoms with van der Waals surface area (Å²) in [7, 11) is 0.762. The zero-order valence-electron chi connectivity index (χ0n) is 41.7. The molecule has 5 aliphatic heterocycles. The Labute approximate surface area is 429 Å². The van der Waals surface area contributed by atoms with Crippen LogP contribution >= 0.6 is 18.7 Å². The number of piperidine rings is 4. The smallest absolute Gasteiger partial charge is 0.255 e. The quantitative estimate of drug-likeness (QED) is 0.0801. The van der Waals surface area contributed by atoms with Gasteiger partial charge in [0.25, 0.3) is 5.91 Å². The van der Waals surface area contributed by atoms with E-state index in [4.69, 9.17) is 21.3 Å². The highest BCUT2D eigenvalue weighted by molar-refractivity contribution is 7.71. The minimum Gasteiger partial charge on any atom is -0.494 e. The predicted molar refractivity (Wildman–Crippen MR) is 284 cm³/mol. The Kier molecular flexibility index (Phi) is 13.1. The highest BCUT2D eigenvalue weighted by atomic mass is 35.5. The van der Waals surface area contributed by atoms with Gasteiger partial charge in [-0.1, -0.05) is 11.6 Å². The number of benzene rings is 3. The molecule has 3 N–H and O–H groups in total. The third kappa shape index (κ3) is 9.84. The minimum atomic E-state index is -2.83. The molecule has 0 unspecified atom stereocenters. The van der Waals surface area contributed by atoms with Crippen LogP contribution in [0.1, 0.15) is 67.3 Å². The number of methoxy groups -OCH3 is 1. The van der Waals surface area contributed by atoms with E-state index in [9.17, 15) is 18.9 Å². The molecule has 0 aliphatic carbocycles. The number of amides is 3. The predicted octanol–water partition coefficient (Wildman–Crippen LogP) is 7.58. The molecule has 3 aromatic heterocycles. The first-order chi connectivity index (χ1) is 35.2. The Hall–Kier alpha value is -6.62. The number of hydrogen-bond acceptors (Lipinski definition) is 15. The fourth-order valence-corrected chi connectivity index (χ4v) is 13.3. The highest BCUT2D eigenvalue weighted by Crippen LogP contribution is 2.47. The van der Waals surface area contributed by atoms with Crippen LogP contribution in [0.25, 0.3) is 22.2 Å². The number of aryl methyl sites for hydroxylation is 1. The van der Waals surface area contributed by atoms with Crippen molar-refractivity contribution in [2.24, 2.45) is 18.4 Å². The number of likely N-dealkylation sites (tertiary alicyclic amines) is 1. The molecule has 73 heavy (non-hydrogen) atoms. The summed E-state index contributed by atoms with van der Waals surface area (Å²) in [6.45, 7) is 11.0. The summed E-state index contributed by atoms with van der Waals surface area (Å²) in [4.78, 5) is 65.1. The van der Waals surface area contributed by atoms with Gasteiger partial charge in [0.2, 0.25) is 17.8 Å². The summed E-state index contributed by atoms with van der Waals surface area (Å²) in [6, 6.07) is 13.3. The molecule has 20 heteroatoms. The van der Waals surface area contributed by atoms with Crippen LogP contribution in [0.3, 0.4) is 0 Å². The number of halogens is 1. The van der Waals surface area contributed by atoms with Crippen molar-refractivity contribution in [3.63, 3.8) is 0 Å². The molecular formula is C53H61ClN13O5P. The van der Waals surface area contributed by atoms with Gasteiger partial charge in [-0.25, -0.2) is 4.98 Å². The van der Waals surface area contributed by atoms with Gasteiger partial charge in [0, 0.05) is 105 Å². The largest absolute Gasteiger partial charge is 0.494 e. The molecule has 5 aliphatic rings. The lowest BCUT2D eigenvalue weighted by atomic mass is 9.71. The fraction of sp³-hybridized carbons (Fsp3) is 0.434. The first kappa shape index (κ1) is 48.6. The van der Waals surface area contributed by atoms with Gasteiger partial charge in [-0.15, -0.1) is 0 Å².